The largest absolute Gasteiger partial charge is 0.327 e. The summed E-state index contributed by atoms with van der Waals surface area (Å²) in [5, 5.41) is 2.23. The fourth-order valence-electron chi connectivity index (χ4n) is 1.73. The molecule has 4 atom stereocenters. The molecule has 1 saturated heterocycles. The molecule has 0 radical (unpaired) electrons. The van der Waals surface area contributed by atoms with Gasteiger partial charge in [-0.05, 0) is 12.3 Å². The Morgan fingerprint density at radius 3 is 2.43 bits per heavy atom. The monoisotopic (exact) mass is 233 g/mol. The normalized spacial score (nSPS) is 36.0. The van der Waals surface area contributed by atoms with Crippen molar-refractivity contribution in [3.05, 3.63) is 0 Å². The van der Waals surface area contributed by atoms with E-state index >= 15 is 0 Å². The fraction of sp³-hybridized carbons (Fsp3) is 1.00. The van der Waals surface area contributed by atoms with E-state index in [4.69, 9.17) is 5.73 Å². The highest BCUT2D eigenvalue weighted by Crippen LogP contribution is 2.37. The topological polar surface area (TPSA) is 26.0 Å². The zero-order valence-corrected chi connectivity index (χ0v) is 11.3. The van der Waals surface area contributed by atoms with Gasteiger partial charge >= 0.3 is 0 Å². The molecule has 0 saturated carbocycles. The van der Waals surface area contributed by atoms with Crippen molar-refractivity contribution in [2.24, 2.45) is 11.7 Å². The van der Waals surface area contributed by atoms with E-state index in [9.17, 15) is 0 Å². The number of thioether (sulfide) groups is 2. The van der Waals surface area contributed by atoms with E-state index in [1.807, 2.05) is 0 Å². The quantitative estimate of drug-likeness (QED) is 0.811. The van der Waals surface area contributed by atoms with Gasteiger partial charge in [-0.2, -0.15) is 23.5 Å². The third-order valence-corrected chi connectivity index (χ3v) is 6.37. The predicted molar refractivity (Wildman–Crippen MR) is 70.2 cm³/mol. The standard InChI is InChI=1S/C11H23NS2/c1-7(2)5-10(12)11-6-13-8(3)9(4)14-11/h7-11H,5-6,12H2,1-4H3. The van der Waals surface area contributed by atoms with E-state index in [-0.39, 0.29) is 0 Å². The lowest BCUT2D eigenvalue weighted by atomic mass is 10.0. The van der Waals surface area contributed by atoms with Crippen LogP contribution < -0.4 is 5.73 Å². The molecule has 1 nitrogen and oxygen atoms in total. The minimum Gasteiger partial charge on any atom is -0.327 e. The van der Waals surface area contributed by atoms with Gasteiger partial charge in [-0.3, -0.25) is 0 Å². The maximum absolute atomic E-state index is 6.22. The summed E-state index contributed by atoms with van der Waals surface area (Å²) in [4.78, 5) is 0. The van der Waals surface area contributed by atoms with Crippen molar-refractivity contribution in [2.75, 3.05) is 5.75 Å². The third-order valence-electron chi connectivity index (χ3n) is 2.79. The van der Waals surface area contributed by atoms with Crippen LogP contribution in [0.4, 0.5) is 0 Å². The highest BCUT2D eigenvalue weighted by atomic mass is 32.2. The molecule has 0 aromatic rings. The van der Waals surface area contributed by atoms with Crippen molar-refractivity contribution in [3.8, 4) is 0 Å². The smallest absolute Gasteiger partial charge is 0.0292 e. The van der Waals surface area contributed by atoms with Gasteiger partial charge in [0, 0.05) is 27.5 Å². The minimum atomic E-state index is 0.391. The highest BCUT2D eigenvalue weighted by molar-refractivity contribution is 8.07. The molecule has 14 heavy (non-hydrogen) atoms. The van der Waals surface area contributed by atoms with Crippen LogP contribution in [0.25, 0.3) is 0 Å². The van der Waals surface area contributed by atoms with Crippen molar-refractivity contribution >= 4 is 23.5 Å². The molecule has 0 aliphatic carbocycles. The van der Waals surface area contributed by atoms with Crippen LogP contribution in [-0.4, -0.2) is 27.5 Å². The minimum absolute atomic E-state index is 0.391. The Labute approximate surface area is 97.0 Å². The maximum Gasteiger partial charge on any atom is 0.0292 e. The molecule has 1 fully saturated rings. The summed E-state index contributed by atoms with van der Waals surface area (Å²) in [7, 11) is 0. The van der Waals surface area contributed by atoms with E-state index in [2.05, 4.69) is 51.2 Å². The first-order chi connectivity index (χ1) is 6.50. The van der Waals surface area contributed by atoms with Gasteiger partial charge in [-0.15, -0.1) is 0 Å². The van der Waals surface area contributed by atoms with Crippen LogP contribution >= 0.6 is 23.5 Å². The molecule has 3 heteroatoms. The zero-order chi connectivity index (χ0) is 10.7. The highest BCUT2D eigenvalue weighted by Gasteiger charge is 2.29. The van der Waals surface area contributed by atoms with Crippen molar-refractivity contribution in [2.45, 2.75) is 55.9 Å². The molecule has 0 amide bonds. The lowest BCUT2D eigenvalue weighted by Gasteiger charge is -2.34. The lowest BCUT2D eigenvalue weighted by Crippen LogP contribution is -2.40. The van der Waals surface area contributed by atoms with Crippen molar-refractivity contribution in [1.29, 1.82) is 0 Å². The van der Waals surface area contributed by atoms with Gasteiger partial charge in [-0.1, -0.05) is 27.7 Å². The van der Waals surface area contributed by atoms with Crippen LogP contribution in [0.5, 0.6) is 0 Å². The summed E-state index contributed by atoms with van der Waals surface area (Å²) in [6.07, 6.45) is 1.17. The van der Waals surface area contributed by atoms with Crippen LogP contribution in [0.15, 0.2) is 0 Å². The van der Waals surface area contributed by atoms with E-state index < -0.39 is 0 Å². The molecule has 0 aromatic carbocycles. The summed E-state index contributed by atoms with van der Waals surface area (Å²) in [5.74, 6) is 1.97. The van der Waals surface area contributed by atoms with E-state index in [0.717, 1.165) is 16.4 Å². The van der Waals surface area contributed by atoms with Gasteiger partial charge in [0.1, 0.15) is 0 Å². The molecule has 2 N–H and O–H groups in total. The Morgan fingerprint density at radius 1 is 1.29 bits per heavy atom. The van der Waals surface area contributed by atoms with Crippen LogP contribution in [0, 0.1) is 5.92 Å². The third kappa shape index (κ3) is 3.67. The number of hydrogen-bond acceptors (Lipinski definition) is 3. The van der Waals surface area contributed by atoms with Gasteiger partial charge in [0.2, 0.25) is 0 Å². The molecule has 0 bridgehead atoms. The van der Waals surface area contributed by atoms with Gasteiger partial charge in [-0.25, -0.2) is 0 Å². The Morgan fingerprint density at radius 2 is 1.93 bits per heavy atom. The molecular weight excluding hydrogens is 210 g/mol. The molecule has 4 unspecified atom stereocenters. The summed E-state index contributed by atoms with van der Waals surface area (Å²) in [6, 6.07) is 0.391. The van der Waals surface area contributed by atoms with Gasteiger partial charge in [0.15, 0.2) is 0 Å². The number of hydrogen-bond donors (Lipinski definition) is 1. The van der Waals surface area contributed by atoms with Crippen LogP contribution in [0.2, 0.25) is 0 Å². The Balaban J connectivity index is 2.38. The summed E-state index contributed by atoms with van der Waals surface area (Å²) in [5.41, 5.74) is 6.22. The van der Waals surface area contributed by atoms with Crippen molar-refractivity contribution < 1.29 is 0 Å². The molecule has 1 aliphatic heterocycles. The average Bonchev–Trinajstić information content (AvgIpc) is 2.08. The predicted octanol–water partition coefficient (Wildman–Crippen LogP) is 2.99. The number of rotatable bonds is 3. The molecule has 0 aromatic heterocycles. The summed E-state index contributed by atoms with van der Waals surface area (Å²) >= 11 is 4.19. The summed E-state index contributed by atoms with van der Waals surface area (Å²) < 4.78 is 0. The molecule has 1 rings (SSSR count). The van der Waals surface area contributed by atoms with Crippen LogP contribution in [0.3, 0.4) is 0 Å². The zero-order valence-electron chi connectivity index (χ0n) is 9.69. The first kappa shape index (κ1) is 12.7. The first-order valence-electron chi connectivity index (χ1n) is 5.53. The Hall–Kier alpha value is 0.660. The SMILES string of the molecule is CC(C)CC(N)C1CSC(C)C(C)S1. The fourth-order valence-corrected chi connectivity index (χ4v) is 4.80. The van der Waals surface area contributed by atoms with E-state index in [0.29, 0.717) is 11.3 Å². The Kier molecular flexibility index (Phi) is 5.15. The van der Waals surface area contributed by atoms with Crippen LogP contribution in [0.1, 0.15) is 34.1 Å². The van der Waals surface area contributed by atoms with E-state index in [1.54, 1.807) is 0 Å². The first-order valence-corrected chi connectivity index (χ1v) is 7.52. The van der Waals surface area contributed by atoms with Crippen LogP contribution in [-0.2, 0) is 0 Å². The second-order valence-corrected chi connectivity index (χ2v) is 7.74. The van der Waals surface area contributed by atoms with Gasteiger partial charge in [0.05, 0.1) is 0 Å². The summed E-state index contributed by atoms with van der Waals surface area (Å²) in [6.45, 7) is 9.17. The molecule has 84 valence electrons. The van der Waals surface area contributed by atoms with Crippen molar-refractivity contribution in [3.63, 3.8) is 0 Å². The molecule has 1 aliphatic rings. The second kappa shape index (κ2) is 5.66. The van der Waals surface area contributed by atoms with E-state index in [1.165, 1.54) is 12.2 Å². The van der Waals surface area contributed by atoms with Crippen molar-refractivity contribution in [1.82, 2.24) is 0 Å². The molecular formula is C11H23NS2. The molecule has 1 heterocycles. The van der Waals surface area contributed by atoms with Gasteiger partial charge < -0.3 is 5.73 Å². The Bertz CT molecular complexity index is 173. The second-order valence-electron chi connectivity index (χ2n) is 4.71. The number of nitrogens with two attached hydrogens (primary N) is 1. The average molecular weight is 233 g/mol. The molecule has 0 spiro atoms. The maximum atomic E-state index is 6.22. The van der Waals surface area contributed by atoms with Gasteiger partial charge in [0.25, 0.3) is 0 Å². The lowest BCUT2D eigenvalue weighted by molar-refractivity contribution is 0.493.